The molecule has 1 aromatic rings. The number of piperazine rings is 1. The second-order valence-corrected chi connectivity index (χ2v) is 6.57. The van der Waals surface area contributed by atoms with Crippen LogP contribution in [0.2, 0.25) is 10.0 Å². The molecule has 2 aliphatic rings. The lowest BCUT2D eigenvalue weighted by Gasteiger charge is -2.41. The van der Waals surface area contributed by atoms with Gasteiger partial charge in [-0.2, -0.15) is 0 Å². The maximum absolute atomic E-state index is 6.14. The lowest BCUT2D eigenvalue weighted by atomic mass is 10.0. The van der Waals surface area contributed by atoms with E-state index in [0.717, 1.165) is 19.6 Å². The molecular formula is C15H21Cl2N3. The molecule has 2 unspecified atom stereocenters. The second-order valence-electron chi connectivity index (χ2n) is 5.75. The van der Waals surface area contributed by atoms with E-state index in [9.17, 15) is 0 Å². The molecule has 0 radical (unpaired) electrons. The zero-order chi connectivity index (χ0) is 14.1. The number of rotatable bonds is 3. The Morgan fingerprint density at radius 2 is 2.05 bits per heavy atom. The van der Waals surface area contributed by atoms with Crippen molar-refractivity contribution in [1.29, 1.82) is 0 Å². The molecule has 0 saturated carbocycles. The van der Waals surface area contributed by atoms with E-state index in [4.69, 9.17) is 28.9 Å². The van der Waals surface area contributed by atoms with Gasteiger partial charge in [0, 0.05) is 38.3 Å². The van der Waals surface area contributed by atoms with E-state index >= 15 is 0 Å². The molecule has 0 amide bonds. The van der Waals surface area contributed by atoms with Gasteiger partial charge in [0.15, 0.2) is 0 Å². The number of hydrogen-bond acceptors (Lipinski definition) is 3. The van der Waals surface area contributed by atoms with Gasteiger partial charge in [-0.3, -0.25) is 9.80 Å². The minimum Gasteiger partial charge on any atom is -0.329 e. The van der Waals surface area contributed by atoms with E-state index < -0.39 is 0 Å². The average molecular weight is 314 g/mol. The monoisotopic (exact) mass is 313 g/mol. The van der Waals surface area contributed by atoms with Crippen molar-refractivity contribution >= 4 is 23.2 Å². The first-order valence-corrected chi connectivity index (χ1v) is 8.07. The fourth-order valence-corrected chi connectivity index (χ4v) is 3.82. The van der Waals surface area contributed by atoms with Gasteiger partial charge >= 0.3 is 0 Å². The first-order chi connectivity index (χ1) is 9.69. The van der Waals surface area contributed by atoms with E-state index in [0.29, 0.717) is 22.6 Å². The van der Waals surface area contributed by atoms with Gasteiger partial charge in [-0.15, -0.1) is 0 Å². The van der Waals surface area contributed by atoms with Crippen molar-refractivity contribution in [2.75, 3.05) is 32.7 Å². The van der Waals surface area contributed by atoms with Crippen molar-refractivity contribution in [3.63, 3.8) is 0 Å². The van der Waals surface area contributed by atoms with Gasteiger partial charge in [0.25, 0.3) is 0 Å². The summed E-state index contributed by atoms with van der Waals surface area (Å²) < 4.78 is 0. The van der Waals surface area contributed by atoms with Crippen LogP contribution in [0, 0.1) is 0 Å². The lowest BCUT2D eigenvalue weighted by Crippen LogP contribution is -2.52. The van der Waals surface area contributed by atoms with Crippen molar-refractivity contribution in [3.8, 4) is 0 Å². The predicted octanol–water partition coefficient (Wildman–Crippen LogP) is 2.77. The van der Waals surface area contributed by atoms with Crippen molar-refractivity contribution < 1.29 is 0 Å². The Balaban J connectivity index is 1.77. The average Bonchev–Trinajstić information content (AvgIpc) is 2.91. The Morgan fingerprint density at radius 1 is 1.20 bits per heavy atom. The topological polar surface area (TPSA) is 32.5 Å². The smallest absolute Gasteiger partial charge is 0.0595 e. The van der Waals surface area contributed by atoms with Crippen LogP contribution in [0.15, 0.2) is 18.2 Å². The first-order valence-electron chi connectivity index (χ1n) is 7.32. The zero-order valence-electron chi connectivity index (χ0n) is 11.6. The summed E-state index contributed by atoms with van der Waals surface area (Å²) >= 11 is 12.1. The van der Waals surface area contributed by atoms with Crippen LogP contribution in [0.5, 0.6) is 0 Å². The van der Waals surface area contributed by atoms with Crippen LogP contribution < -0.4 is 5.73 Å². The number of fused-ring (bicyclic) bond motifs is 1. The van der Waals surface area contributed by atoms with Gasteiger partial charge in [0.05, 0.1) is 10.0 Å². The van der Waals surface area contributed by atoms with E-state index in [1.165, 1.54) is 24.9 Å². The Morgan fingerprint density at radius 3 is 2.80 bits per heavy atom. The maximum Gasteiger partial charge on any atom is 0.0595 e. The van der Waals surface area contributed by atoms with Crippen LogP contribution in [-0.4, -0.2) is 48.6 Å². The van der Waals surface area contributed by atoms with E-state index in [2.05, 4.69) is 9.80 Å². The third-order valence-electron chi connectivity index (χ3n) is 4.61. The predicted molar refractivity (Wildman–Crippen MR) is 84.4 cm³/mol. The number of benzene rings is 1. The normalized spacial score (nSPS) is 25.6. The van der Waals surface area contributed by atoms with Gasteiger partial charge in [-0.05, 0) is 37.1 Å². The highest BCUT2D eigenvalue weighted by Gasteiger charge is 2.33. The molecule has 2 heterocycles. The summed E-state index contributed by atoms with van der Waals surface area (Å²) in [5, 5.41) is 1.22. The summed E-state index contributed by atoms with van der Waals surface area (Å²) in [6.45, 7) is 5.23. The van der Waals surface area contributed by atoms with Crippen LogP contribution in [-0.2, 0) is 0 Å². The molecule has 2 fully saturated rings. The molecule has 2 N–H and O–H groups in total. The quantitative estimate of drug-likeness (QED) is 0.931. The number of nitrogens with two attached hydrogens (primary N) is 1. The zero-order valence-corrected chi connectivity index (χ0v) is 13.1. The Kier molecular flexibility index (Phi) is 4.53. The van der Waals surface area contributed by atoms with Crippen LogP contribution >= 0.6 is 23.2 Å². The van der Waals surface area contributed by atoms with Crippen LogP contribution in [0.4, 0.5) is 0 Å². The SMILES string of the molecule is NCC(c1ccc(Cl)c(Cl)c1)N1CCN2CCCC2C1. The van der Waals surface area contributed by atoms with Crippen LogP contribution in [0.1, 0.15) is 24.4 Å². The molecule has 5 heteroatoms. The van der Waals surface area contributed by atoms with Crippen molar-refractivity contribution in [2.24, 2.45) is 5.73 Å². The van der Waals surface area contributed by atoms with Crippen LogP contribution in [0.3, 0.4) is 0 Å². The first kappa shape index (κ1) is 14.6. The van der Waals surface area contributed by atoms with E-state index in [1.54, 1.807) is 0 Å². The summed E-state index contributed by atoms with van der Waals surface area (Å²) in [4.78, 5) is 5.12. The van der Waals surface area contributed by atoms with Crippen molar-refractivity contribution in [1.82, 2.24) is 9.80 Å². The molecule has 2 saturated heterocycles. The van der Waals surface area contributed by atoms with Gasteiger partial charge in [0.1, 0.15) is 0 Å². The van der Waals surface area contributed by atoms with Crippen molar-refractivity contribution in [3.05, 3.63) is 33.8 Å². The van der Waals surface area contributed by atoms with Crippen molar-refractivity contribution in [2.45, 2.75) is 24.9 Å². The highest BCUT2D eigenvalue weighted by molar-refractivity contribution is 6.42. The third-order valence-corrected chi connectivity index (χ3v) is 5.35. The summed E-state index contributed by atoms with van der Waals surface area (Å²) in [5.41, 5.74) is 7.20. The molecule has 110 valence electrons. The molecule has 0 spiro atoms. The molecule has 20 heavy (non-hydrogen) atoms. The van der Waals surface area contributed by atoms with E-state index in [-0.39, 0.29) is 6.04 Å². The Labute approximate surface area is 130 Å². The highest BCUT2D eigenvalue weighted by atomic mass is 35.5. The second kappa shape index (κ2) is 6.20. The van der Waals surface area contributed by atoms with Gasteiger partial charge in [-0.25, -0.2) is 0 Å². The fraction of sp³-hybridized carbons (Fsp3) is 0.600. The number of hydrogen-bond donors (Lipinski definition) is 1. The molecule has 3 rings (SSSR count). The Hall–Kier alpha value is -0.320. The molecule has 1 aromatic carbocycles. The standard InChI is InChI=1S/C15H21Cl2N3/c16-13-4-3-11(8-14(13)17)15(9-18)20-7-6-19-5-1-2-12(19)10-20/h3-4,8,12,15H,1-2,5-7,9-10,18H2. The van der Waals surface area contributed by atoms with E-state index in [1.807, 2.05) is 18.2 Å². The summed E-state index contributed by atoms with van der Waals surface area (Å²) in [5.74, 6) is 0. The largest absolute Gasteiger partial charge is 0.329 e. The molecule has 0 aromatic heterocycles. The molecular weight excluding hydrogens is 293 g/mol. The number of halogens is 2. The molecule has 2 atom stereocenters. The van der Waals surface area contributed by atoms with Gasteiger partial charge < -0.3 is 5.73 Å². The summed E-state index contributed by atoms with van der Waals surface area (Å²) in [6, 6.07) is 6.83. The maximum atomic E-state index is 6.14. The van der Waals surface area contributed by atoms with Gasteiger partial charge in [0.2, 0.25) is 0 Å². The minimum absolute atomic E-state index is 0.243. The van der Waals surface area contributed by atoms with Gasteiger partial charge in [-0.1, -0.05) is 29.3 Å². The number of nitrogens with zero attached hydrogens (tertiary/aromatic N) is 2. The molecule has 3 nitrogen and oxygen atoms in total. The van der Waals surface area contributed by atoms with Crippen LogP contribution in [0.25, 0.3) is 0 Å². The molecule has 0 bridgehead atoms. The highest BCUT2D eigenvalue weighted by Crippen LogP contribution is 2.31. The third kappa shape index (κ3) is 2.83. The molecule has 0 aliphatic carbocycles. The summed E-state index contributed by atoms with van der Waals surface area (Å²) in [6.07, 6.45) is 2.65. The molecule has 2 aliphatic heterocycles. The minimum atomic E-state index is 0.243. The summed E-state index contributed by atoms with van der Waals surface area (Å²) in [7, 11) is 0. The Bertz CT molecular complexity index is 480. The fourth-order valence-electron chi connectivity index (χ4n) is 3.51. The lowest BCUT2D eigenvalue weighted by molar-refractivity contribution is 0.0737.